The summed E-state index contributed by atoms with van der Waals surface area (Å²) in [6, 6.07) is 0.487. The number of halogens is 6. The molecule has 0 aliphatic rings. The number of hydrogen-bond donors (Lipinski definition) is 1. The summed E-state index contributed by atoms with van der Waals surface area (Å²) in [6.45, 7) is 0. The Morgan fingerprint density at radius 2 is 1.65 bits per heavy atom. The predicted octanol–water partition coefficient (Wildman–Crippen LogP) is 2.22. The molecule has 0 aliphatic carbocycles. The summed E-state index contributed by atoms with van der Waals surface area (Å²) in [5.41, 5.74) is -1.02. The number of hydrogen-bond acceptors (Lipinski definition) is 2. The van der Waals surface area contributed by atoms with Crippen molar-refractivity contribution in [1.29, 1.82) is 0 Å². The molecule has 3 nitrogen and oxygen atoms in total. The topological polar surface area (TPSA) is 56.0 Å². The van der Waals surface area contributed by atoms with Gasteiger partial charge in [0.25, 0.3) is 0 Å². The molecule has 1 amide bonds. The molecule has 94 valence electrons. The highest BCUT2D eigenvalue weighted by atomic mass is 19.4. The molecule has 0 saturated heterocycles. The van der Waals surface area contributed by atoms with Gasteiger partial charge in [-0.3, -0.25) is 9.78 Å². The monoisotopic (exact) mass is 258 g/mol. The van der Waals surface area contributed by atoms with Crippen molar-refractivity contribution < 1.29 is 31.1 Å². The van der Waals surface area contributed by atoms with Crippen LogP contribution in [0.3, 0.4) is 0 Å². The van der Waals surface area contributed by atoms with Crippen LogP contribution >= 0.6 is 0 Å². The van der Waals surface area contributed by atoms with Crippen molar-refractivity contribution in [3.05, 3.63) is 29.1 Å². The Hall–Kier alpha value is -1.80. The van der Waals surface area contributed by atoms with Gasteiger partial charge >= 0.3 is 12.4 Å². The van der Waals surface area contributed by atoms with E-state index in [4.69, 9.17) is 0 Å². The summed E-state index contributed by atoms with van der Waals surface area (Å²) in [6.07, 6.45) is -10.3. The molecule has 1 aromatic rings. The smallest absolute Gasteiger partial charge is 0.366 e. The van der Waals surface area contributed by atoms with Gasteiger partial charge in [-0.1, -0.05) is 0 Å². The van der Waals surface area contributed by atoms with Crippen LogP contribution < -0.4 is 5.73 Å². The molecule has 17 heavy (non-hydrogen) atoms. The molecule has 0 radical (unpaired) electrons. The van der Waals surface area contributed by atoms with Gasteiger partial charge in [-0.05, 0) is 6.07 Å². The molecule has 0 unspecified atom stereocenters. The lowest BCUT2D eigenvalue weighted by molar-refractivity contribution is -0.165. The molecule has 1 aromatic heterocycles. The molecular formula is C8H4F6N2O. The number of amides is 1. The highest BCUT2D eigenvalue weighted by Gasteiger charge is 2.46. The van der Waals surface area contributed by atoms with Crippen molar-refractivity contribution >= 4 is 5.91 Å². The molecule has 9 heteroatoms. The van der Waals surface area contributed by atoms with Crippen LogP contribution in [0, 0.1) is 0 Å². The van der Waals surface area contributed by atoms with Gasteiger partial charge in [-0.2, -0.15) is 26.3 Å². The molecule has 1 heterocycles. The number of nitrogens with zero attached hydrogens (tertiary/aromatic N) is 1. The van der Waals surface area contributed by atoms with Gasteiger partial charge in [0, 0.05) is 6.20 Å². The number of aromatic nitrogens is 1. The largest absolute Gasteiger partial charge is 0.433 e. The Labute approximate surface area is 90.2 Å². The minimum absolute atomic E-state index is 0.443. The number of carbonyl (C=O) groups is 1. The van der Waals surface area contributed by atoms with E-state index >= 15 is 0 Å². The Kier molecular flexibility index (Phi) is 3.04. The van der Waals surface area contributed by atoms with Gasteiger partial charge in [-0.15, -0.1) is 0 Å². The summed E-state index contributed by atoms with van der Waals surface area (Å²) in [7, 11) is 0. The third-order valence-electron chi connectivity index (χ3n) is 1.77. The summed E-state index contributed by atoms with van der Waals surface area (Å²) in [4.78, 5) is 13.3. The Balaban J connectivity index is 3.64. The number of rotatable bonds is 1. The molecule has 0 spiro atoms. The Bertz CT molecular complexity index is 450. The summed E-state index contributed by atoms with van der Waals surface area (Å²) < 4.78 is 74.3. The highest BCUT2D eigenvalue weighted by molar-refractivity contribution is 5.94. The second-order valence-electron chi connectivity index (χ2n) is 2.94. The maximum absolute atomic E-state index is 12.5. The third kappa shape index (κ3) is 2.66. The van der Waals surface area contributed by atoms with Crippen molar-refractivity contribution in [2.75, 3.05) is 0 Å². The van der Waals surface area contributed by atoms with Crippen LogP contribution in [0.15, 0.2) is 12.3 Å². The number of primary amides is 1. The van der Waals surface area contributed by atoms with Crippen LogP contribution in [-0.2, 0) is 12.4 Å². The highest BCUT2D eigenvalue weighted by Crippen LogP contribution is 2.40. The van der Waals surface area contributed by atoms with Gasteiger partial charge in [0.2, 0.25) is 5.91 Å². The second kappa shape index (κ2) is 3.90. The van der Waals surface area contributed by atoms with Crippen LogP contribution in [0.2, 0.25) is 0 Å². The zero-order chi connectivity index (χ0) is 13.4. The van der Waals surface area contributed by atoms with Gasteiger partial charge in [-0.25, -0.2) is 0 Å². The number of nitrogens with two attached hydrogens (primary N) is 1. The molecular weight excluding hydrogens is 254 g/mol. The minimum Gasteiger partial charge on any atom is -0.366 e. The lowest BCUT2D eigenvalue weighted by atomic mass is 10.1. The summed E-state index contributed by atoms with van der Waals surface area (Å²) in [5.74, 6) is -1.61. The Morgan fingerprint density at radius 1 is 1.12 bits per heavy atom. The molecule has 0 bridgehead atoms. The second-order valence-corrected chi connectivity index (χ2v) is 2.94. The number of carbonyl (C=O) groups excluding carboxylic acids is 1. The molecule has 1 rings (SSSR count). The van der Waals surface area contributed by atoms with E-state index in [1.54, 1.807) is 0 Å². The quantitative estimate of drug-likeness (QED) is 0.785. The molecule has 0 aliphatic heterocycles. The van der Waals surface area contributed by atoms with Crippen molar-refractivity contribution in [3.8, 4) is 0 Å². The van der Waals surface area contributed by atoms with Crippen LogP contribution in [0.25, 0.3) is 0 Å². The minimum atomic E-state index is -5.37. The zero-order valence-corrected chi connectivity index (χ0v) is 7.86. The van der Waals surface area contributed by atoms with E-state index in [2.05, 4.69) is 10.7 Å². The lowest BCUT2D eigenvalue weighted by Gasteiger charge is -2.16. The van der Waals surface area contributed by atoms with Gasteiger partial charge < -0.3 is 5.73 Å². The van der Waals surface area contributed by atoms with Crippen molar-refractivity contribution in [3.63, 3.8) is 0 Å². The summed E-state index contributed by atoms with van der Waals surface area (Å²) >= 11 is 0. The van der Waals surface area contributed by atoms with Gasteiger partial charge in [0.1, 0.15) is 0 Å². The molecule has 2 N–H and O–H groups in total. The predicted molar refractivity (Wildman–Crippen MR) is 42.8 cm³/mol. The van der Waals surface area contributed by atoms with Gasteiger partial charge in [0.05, 0.1) is 11.1 Å². The number of alkyl halides is 6. The van der Waals surface area contributed by atoms with Crippen molar-refractivity contribution in [2.45, 2.75) is 12.4 Å². The lowest BCUT2D eigenvalue weighted by Crippen LogP contribution is -2.25. The summed E-state index contributed by atoms with van der Waals surface area (Å²) in [5, 5.41) is 0. The normalized spacial score (nSPS) is 12.6. The first-order valence-electron chi connectivity index (χ1n) is 3.98. The van der Waals surface area contributed by atoms with E-state index in [1.165, 1.54) is 0 Å². The maximum Gasteiger partial charge on any atom is 0.433 e. The van der Waals surface area contributed by atoms with Crippen molar-refractivity contribution in [2.24, 2.45) is 5.73 Å². The maximum atomic E-state index is 12.5. The molecule has 0 atom stereocenters. The average molecular weight is 258 g/mol. The molecule has 0 fully saturated rings. The fraction of sp³-hybridized carbons (Fsp3) is 0.250. The van der Waals surface area contributed by atoms with E-state index in [0.717, 1.165) is 0 Å². The number of pyridine rings is 1. The molecule has 0 aromatic carbocycles. The van der Waals surface area contributed by atoms with Crippen LogP contribution in [0.1, 0.15) is 21.6 Å². The standard InChI is InChI=1S/C8H4F6N2O/c9-7(10,11)4-3(6(15)17)1-2-16-5(4)8(12,13)14/h1-2H,(H2,15,17). The van der Waals surface area contributed by atoms with E-state index in [-0.39, 0.29) is 0 Å². The van der Waals surface area contributed by atoms with E-state index < -0.39 is 35.1 Å². The van der Waals surface area contributed by atoms with Crippen LogP contribution in [0.4, 0.5) is 26.3 Å². The Morgan fingerprint density at radius 3 is 2.00 bits per heavy atom. The fourth-order valence-electron chi connectivity index (χ4n) is 1.17. The van der Waals surface area contributed by atoms with E-state index in [1.807, 2.05) is 0 Å². The molecule has 0 saturated carbocycles. The first-order chi connectivity index (χ1) is 7.55. The fourth-order valence-corrected chi connectivity index (χ4v) is 1.17. The average Bonchev–Trinajstić information content (AvgIpc) is 2.13. The van der Waals surface area contributed by atoms with E-state index in [9.17, 15) is 31.1 Å². The van der Waals surface area contributed by atoms with E-state index in [0.29, 0.717) is 12.3 Å². The third-order valence-corrected chi connectivity index (χ3v) is 1.77. The first-order valence-corrected chi connectivity index (χ1v) is 3.98. The van der Waals surface area contributed by atoms with Gasteiger partial charge in [0.15, 0.2) is 5.69 Å². The zero-order valence-electron chi connectivity index (χ0n) is 7.86. The first kappa shape index (κ1) is 13.3. The van der Waals surface area contributed by atoms with Crippen LogP contribution in [-0.4, -0.2) is 10.9 Å². The SMILES string of the molecule is NC(=O)c1ccnc(C(F)(F)F)c1C(F)(F)F. The van der Waals surface area contributed by atoms with Crippen molar-refractivity contribution in [1.82, 2.24) is 4.98 Å². The van der Waals surface area contributed by atoms with Crippen LogP contribution in [0.5, 0.6) is 0 Å².